The summed E-state index contributed by atoms with van der Waals surface area (Å²) in [4.78, 5) is 2.26. The maximum absolute atomic E-state index is 6.25. The van der Waals surface area contributed by atoms with Crippen LogP contribution in [0.4, 0.5) is 0 Å². The van der Waals surface area contributed by atoms with E-state index in [0.29, 0.717) is 6.61 Å². The summed E-state index contributed by atoms with van der Waals surface area (Å²) in [5.41, 5.74) is 1.25. The second kappa shape index (κ2) is 8.81. The number of methoxy groups -OCH3 is 1. The smallest absolute Gasteiger partial charge is 0.0587 e. The van der Waals surface area contributed by atoms with E-state index in [2.05, 4.69) is 39.4 Å². The fourth-order valence-corrected chi connectivity index (χ4v) is 3.58. The molecule has 0 saturated heterocycles. The Kier molecular flexibility index (Phi) is 7.07. The Hall–Kier alpha value is -0.520. The highest BCUT2D eigenvalue weighted by Gasteiger charge is 2.07. The molecule has 2 aromatic rings. The monoisotopic (exact) mass is 385 g/mol. The molecule has 112 valence electrons. The third-order valence-electron chi connectivity index (χ3n) is 2.88. The minimum absolute atomic E-state index is 0.712. The van der Waals surface area contributed by atoms with Gasteiger partial charge in [0.1, 0.15) is 0 Å². The highest BCUT2D eigenvalue weighted by molar-refractivity contribution is 9.10. The van der Waals surface area contributed by atoms with Crippen molar-refractivity contribution in [1.82, 2.24) is 5.32 Å². The molecule has 0 atom stereocenters. The zero-order valence-corrected chi connectivity index (χ0v) is 14.9. The number of rotatable bonds is 7. The lowest BCUT2D eigenvalue weighted by Gasteiger charge is -2.12. The van der Waals surface area contributed by atoms with Crippen LogP contribution in [0.15, 0.2) is 56.7 Å². The molecule has 0 aromatic heterocycles. The lowest BCUT2D eigenvalue weighted by atomic mass is 10.2. The van der Waals surface area contributed by atoms with Crippen LogP contribution in [0, 0.1) is 0 Å². The van der Waals surface area contributed by atoms with Crippen LogP contribution >= 0.6 is 39.3 Å². The van der Waals surface area contributed by atoms with Crippen LogP contribution < -0.4 is 5.32 Å². The van der Waals surface area contributed by atoms with Crippen LogP contribution in [0.25, 0.3) is 0 Å². The van der Waals surface area contributed by atoms with Gasteiger partial charge in [-0.1, -0.05) is 57.5 Å². The van der Waals surface area contributed by atoms with Gasteiger partial charge < -0.3 is 10.1 Å². The molecular weight excluding hydrogens is 370 g/mol. The van der Waals surface area contributed by atoms with Gasteiger partial charge in [0.05, 0.1) is 11.6 Å². The van der Waals surface area contributed by atoms with Gasteiger partial charge in [0.15, 0.2) is 0 Å². The van der Waals surface area contributed by atoms with Crippen molar-refractivity contribution in [3.8, 4) is 0 Å². The van der Waals surface area contributed by atoms with Gasteiger partial charge in [0.2, 0.25) is 0 Å². The third-order valence-corrected chi connectivity index (χ3v) is 4.99. The van der Waals surface area contributed by atoms with Crippen molar-refractivity contribution in [1.29, 1.82) is 0 Å². The summed E-state index contributed by atoms with van der Waals surface area (Å²) in [6, 6.07) is 14.2. The average Bonchev–Trinajstić information content (AvgIpc) is 2.48. The van der Waals surface area contributed by atoms with Crippen molar-refractivity contribution in [3.05, 3.63) is 57.5 Å². The van der Waals surface area contributed by atoms with E-state index >= 15 is 0 Å². The highest BCUT2D eigenvalue weighted by Crippen LogP contribution is 2.36. The van der Waals surface area contributed by atoms with E-state index in [9.17, 15) is 0 Å². The van der Waals surface area contributed by atoms with Crippen molar-refractivity contribution in [3.63, 3.8) is 0 Å². The summed E-state index contributed by atoms with van der Waals surface area (Å²) in [5, 5.41) is 4.15. The normalized spacial score (nSPS) is 10.8. The molecule has 0 aliphatic carbocycles. The van der Waals surface area contributed by atoms with Gasteiger partial charge in [-0.2, -0.15) is 0 Å². The second-order valence-corrected chi connectivity index (χ2v) is 6.86. The molecule has 0 heterocycles. The van der Waals surface area contributed by atoms with Crippen molar-refractivity contribution < 1.29 is 4.74 Å². The first kappa shape index (κ1) is 16.8. The average molecular weight is 387 g/mol. The first-order valence-corrected chi connectivity index (χ1v) is 8.60. The molecule has 0 aliphatic rings. The van der Waals surface area contributed by atoms with Gasteiger partial charge in [-0.25, -0.2) is 0 Å². The minimum Gasteiger partial charge on any atom is -0.383 e. The molecular formula is C16H17BrClNOS. The molecule has 0 amide bonds. The summed E-state index contributed by atoms with van der Waals surface area (Å²) in [7, 11) is 1.71. The molecule has 0 aliphatic heterocycles. The molecule has 2 nitrogen and oxygen atoms in total. The maximum atomic E-state index is 6.25. The first-order chi connectivity index (χ1) is 10.2. The van der Waals surface area contributed by atoms with E-state index in [4.69, 9.17) is 16.3 Å². The molecule has 1 N–H and O–H groups in total. The summed E-state index contributed by atoms with van der Waals surface area (Å²) in [5.74, 6) is 0. The van der Waals surface area contributed by atoms with Crippen LogP contribution in [0.5, 0.6) is 0 Å². The van der Waals surface area contributed by atoms with Gasteiger partial charge in [-0.15, -0.1) is 0 Å². The van der Waals surface area contributed by atoms with E-state index in [1.807, 2.05) is 24.3 Å². The Morgan fingerprint density at radius 3 is 2.76 bits per heavy atom. The maximum Gasteiger partial charge on any atom is 0.0587 e. The van der Waals surface area contributed by atoms with Gasteiger partial charge in [0, 0.05) is 34.5 Å². The SMILES string of the molecule is COCCNCc1ccc(Br)cc1Sc1ccccc1Cl. The fourth-order valence-electron chi connectivity index (χ4n) is 1.81. The first-order valence-electron chi connectivity index (χ1n) is 6.61. The predicted octanol–water partition coefficient (Wildman–Crippen LogP) is 4.99. The minimum atomic E-state index is 0.712. The topological polar surface area (TPSA) is 21.3 Å². The summed E-state index contributed by atoms with van der Waals surface area (Å²) < 4.78 is 6.12. The number of hydrogen-bond acceptors (Lipinski definition) is 3. The van der Waals surface area contributed by atoms with Crippen molar-refractivity contribution in [2.75, 3.05) is 20.3 Å². The fraction of sp³-hybridized carbons (Fsp3) is 0.250. The Balaban J connectivity index is 2.13. The highest BCUT2D eigenvalue weighted by atomic mass is 79.9. The van der Waals surface area contributed by atoms with E-state index < -0.39 is 0 Å². The number of halogens is 2. The zero-order chi connectivity index (χ0) is 15.1. The van der Waals surface area contributed by atoms with Gasteiger partial charge in [0.25, 0.3) is 0 Å². The third kappa shape index (κ3) is 5.31. The molecule has 0 saturated carbocycles. The van der Waals surface area contributed by atoms with Crippen LogP contribution in [0.3, 0.4) is 0 Å². The Morgan fingerprint density at radius 2 is 2.00 bits per heavy atom. The molecule has 0 unspecified atom stereocenters. The lowest BCUT2D eigenvalue weighted by molar-refractivity contribution is 0.199. The number of nitrogens with one attached hydrogen (secondary N) is 1. The van der Waals surface area contributed by atoms with Crippen LogP contribution in [0.2, 0.25) is 5.02 Å². The van der Waals surface area contributed by atoms with Crippen LogP contribution in [-0.4, -0.2) is 20.3 Å². The molecule has 0 radical (unpaired) electrons. The van der Waals surface area contributed by atoms with Crippen LogP contribution in [0.1, 0.15) is 5.56 Å². The Bertz CT molecular complexity index is 594. The van der Waals surface area contributed by atoms with Gasteiger partial charge in [-0.3, -0.25) is 0 Å². The van der Waals surface area contributed by atoms with E-state index in [0.717, 1.165) is 27.5 Å². The van der Waals surface area contributed by atoms with E-state index in [1.54, 1.807) is 18.9 Å². The zero-order valence-electron chi connectivity index (χ0n) is 11.7. The molecule has 0 spiro atoms. The molecule has 0 bridgehead atoms. The second-order valence-electron chi connectivity index (χ2n) is 4.45. The predicted molar refractivity (Wildman–Crippen MR) is 93.3 cm³/mol. The van der Waals surface area contributed by atoms with Crippen molar-refractivity contribution >= 4 is 39.3 Å². The van der Waals surface area contributed by atoms with Crippen molar-refractivity contribution in [2.24, 2.45) is 0 Å². The standard InChI is InChI=1S/C16H17BrClNOS/c1-20-9-8-19-11-12-6-7-13(17)10-16(12)21-15-5-3-2-4-14(15)18/h2-7,10,19H,8-9,11H2,1H3. The summed E-state index contributed by atoms with van der Waals surface area (Å²) >= 11 is 11.5. The van der Waals surface area contributed by atoms with Gasteiger partial charge >= 0.3 is 0 Å². The van der Waals surface area contributed by atoms with E-state index in [1.165, 1.54) is 10.5 Å². The Labute approximate surface area is 143 Å². The molecule has 2 rings (SSSR count). The lowest BCUT2D eigenvalue weighted by Crippen LogP contribution is -2.18. The quantitative estimate of drug-likeness (QED) is 0.677. The number of benzene rings is 2. The number of ether oxygens (including phenoxy) is 1. The molecule has 21 heavy (non-hydrogen) atoms. The van der Waals surface area contributed by atoms with Crippen LogP contribution in [-0.2, 0) is 11.3 Å². The molecule has 0 fully saturated rings. The van der Waals surface area contributed by atoms with E-state index in [-0.39, 0.29) is 0 Å². The molecule has 5 heteroatoms. The largest absolute Gasteiger partial charge is 0.383 e. The van der Waals surface area contributed by atoms with Gasteiger partial charge in [-0.05, 0) is 29.8 Å². The Morgan fingerprint density at radius 1 is 1.19 bits per heavy atom. The molecule has 2 aromatic carbocycles. The number of hydrogen-bond donors (Lipinski definition) is 1. The summed E-state index contributed by atoms with van der Waals surface area (Å²) in [6.07, 6.45) is 0. The summed E-state index contributed by atoms with van der Waals surface area (Å²) in [6.45, 7) is 2.36. The van der Waals surface area contributed by atoms with Crippen molar-refractivity contribution in [2.45, 2.75) is 16.3 Å².